The molecule has 0 aliphatic carbocycles. The van der Waals surface area contributed by atoms with Crippen molar-refractivity contribution in [3.63, 3.8) is 0 Å². The Morgan fingerprint density at radius 3 is 2.44 bits per heavy atom. The Bertz CT molecular complexity index is 752. The molecule has 1 aliphatic rings. The van der Waals surface area contributed by atoms with Crippen LogP contribution in [0.3, 0.4) is 0 Å². The lowest BCUT2D eigenvalue weighted by Crippen LogP contribution is -2.36. The molecule has 1 N–H and O–H groups in total. The molecule has 0 unspecified atom stereocenters. The van der Waals surface area contributed by atoms with E-state index in [4.69, 9.17) is 4.74 Å². The molecule has 27 heavy (non-hydrogen) atoms. The summed E-state index contributed by atoms with van der Waals surface area (Å²) in [7, 11) is 0. The van der Waals surface area contributed by atoms with Gasteiger partial charge in [-0.3, -0.25) is 4.79 Å². The molecule has 1 fully saturated rings. The number of hydrogen-bond acceptors (Lipinski definition) is 3. The van der Waals surface area contributed by atoms with Crippen LogP contribution in [0.1, 0.15) is 25.0 Å². The fraction of sp³-hybridized carbons (Fsp3) is 0.435. The van der Waals surface area contributed by atoms with Crippen molar-refractivity contribution in [1.82, 2.24) is 0 Å². The summed E-state index contributed by atoms with van der Waals surface area (Å²) in [6.45, 7) is 9.70. The third kappa shape index (κ3) is 5.10. The zero-order chi connectivity index (χ0) is 19.2. The van der Waals surface area contributed by atoms with Gasteiger partial charge in [0.15, 0.2) is 0 Å². The quantitative estimate of drug-likeness (QED) is 0.829. The summed E-state index contributed by atoms with van der Waals surface area (Å²) in [5.74, 6) is 0.318. The Kier molecular flexibility index (Phi) is 6.51. The first-order valence-corrected chi connectivity index (χ1v) is 9.82. The molecule has 1 aliphatic heterocycles. The zero-order valence-corrected chi connectivity index (χ0v) is 16.6. The second kappa shape index (κ2) is 9.05. The molecule has 2 aromatic rings. The number of hydrogen-bond donors (Lipinski definition) is 1. The fourth-order valence-corrected chi connectivity index (χ4v) is 3.63. The van der Waals surface area contributed by atoms with Crippen LogP contribution >= 0.6 is 0 Å². The molecule has 1 atom stereocenters. The van der Waals surface area contributed by atoms with E-state index in [1.165, 1.54) is 16.8 Å². The van der Waals surface area contributed by atoms with Gasteiger partial charge in [-0.05, 0) is 48.6 Å². The molecular formula is C23H30N2O2. The van der Waals surface area contributed by atoms with Crippen LogP contribution in [0.25, 0.3) is 0 Å². The number of benzene rings is 2. The van der Waals surface area contributed by atoms with Gasteiger partial charge in [-0.15, -0.1) is 0 Å². The minimum atomic E-state index is -0.0494. The summed E-state index contributed by atoms with van der Waals surface area (Å²) in [6, 6.07) is 16.4. The third-order valence-electron chi connectivity index (χ3n) is 5.26. The molecule has 0 spiro atoms. The average Bonchev–Trinajstić information content (AvgIpc) is 2.67. The van der Waals surface area contributed by atoms with Crippen molar-refractivity contribution in [2.24, 2.45) is 11.8 Å². The highest BCUT2D eigenvalue weighted by atomic mass is 16.5. The SMILES string of the molecule is Cc1cc(NC(=O)[C@@H](Cc2ccccc2)C(C)C)ccc1N1CCOCC1. The Labute approximate surface area is 162 Å². The van der Waals surface area contributed by atoms with Crippen LogP contribution < -0.4 is 10.2 Å². The molecule has 144 valence electrons. The van der Waals surface area contributed by atoms with Gasteiger partial charge in [-0.1, -0.05) is 44.2 Å². The summed E-state index contributed by atoms with van der Waals surface area (Å²) in [5, 5.41) is 3.13. The zero-order valence-electron chi connectivity index (χ0n) is 16.6. The standard InChI is InChI=1S/C23H30N2O2/c1-17(2)21(16-19-7-5-4-6-8-19)23(26)24-20-9-10-22(18(3)15-20)25-11-13-27-14-12-25/h4-10,15,17,21H,11-14,16H2,1-3H3,(H,24,26)/t21-/m0/s1. The molecule has 2 aromatic carbocycles. The minimum absolute atomic E-state index is 0.0494. The molecular weight excluding hydrogens is 336 g/mol. The van der Waals surface area contributed by atoms with E-state index in [2.05, 4.69) is 55.3 Å². The molecule has 1 amide bonds. The van der Waals surface area contributed by atoms with Crippen LogP contribution in [-0.2, 0) is 16.0 Å². The number of aryl methyl sites for hydroxylation is 1. The molecule has 4 heteroatoms. The number of carbonyl (C=O) groups is 1. The Morgan fingerprint density at radius 1 is 1.11 bits per heavy atom. The lowest BCUT2D eigenvalue weighted by atomic mass is 9.88. The maximum atomic E-state index is 12.9. The van der Waals surface area contributed by atoms with Gasteiger partial charge >= 0.3 is 0 Å². The molecule has 0 saturated carbocycles. The van der Waals surface area contributed by atoms with E-state index >= 15 is 0 Å². The first-order valence-electron chi connectivity index (χ1n) is 9.82. The summed E-state index contributed by atoms with van der Waals surface area (Å²) >= 11 is 0. The normalized spacial score (nSPS) is 15.6. The van der Waals surface area contributed by atoms with Gasteiger partial charge in [0.1, 0.15) is 0 Å². The lowest BCUT2D eigenvalue weighted by molar-refractivity contribution is -0.121. The van der Waals surface area contributed by atoms with Crippen molar-refractivity contribution in [2.45, 2.75) is 27.2 Å². The Hall–Kier alpha value is -2.33. The monoisotopic (exact) mass is 366 g/mol. The van der Waals surface area contributed by atoms with Crippen LogP contribution in [0, 0.1) is 18.8 Å². The number of amides is 1. The number of carbonyl (C=O) groups excluding carboxylic acids is 1. The number of anilines is 2. The maximum Gasteiger partial charge on any atom is 0.228 e. The van der Waals surface area contributed by atoms with Crippen molar-refractivity contribution < 1.29 is 9.53 Å². The molecule has 1 heterocycles. The van der Waals surface area contributed by atoms with Crippen molar-refractivity contribution >= 4 is 17.3 Å². The van der Waals surface area contributed by atoms with Gasteiger partial charge in [0.2, 0.25) is 5.91 Å². The van der Waals surface area contributed by atoms with Crippen LogP contribution in [0.5, 0.6) is 0 Å². The number of rotatable bonds is 6. The van der Waals surface area contributed by atoms with Crippen LogP contribution in [0.2, 0.25) is 0 Å². The Balaban J connectivity index is 1.69. The largest absolute Gasteiger partial charge is 0.378 e. The first kappa shape index (κ1) is 19.4. The molecule has 3 rings (SSSR count). The number of ether oxygens (including phenoxy) is 1. The summed E-state index contributed by atoms with van der Waals surface area (Å²) in [6.07, 6.45) is 0.759. The predicted molar refractivity (Wildman–Crippen MR) is 111 cm³/mol. The molecule has 0 aromatic heterocycles. The minimum Gasteiger partial charge on any atom is -0.378 e. The summed E-state index contributed by atoms with van der Waals surface area (Å²) in [4.78, 5) is 15.3. The van der Waals surface area contributed by atoms with Gasteiger partial charge in [-0.25, -0.2) is 0 Å². The highest BCUT2D eigenvalue weighted by Gasteiger charge is 2.23. The molecule has 1 saturated heterocycles. The smallest absolute Gasteiger partial charge is 0.228 e. The lowest BCUT2D eigenvalue weighted by Gasteiger charge is -2.30. The highest BCUT2D eigenvalue weighted by molar-refractivity contribution is 5.93. The van der Waals surface area contributed by atoms with E-state index in [0.717, 1.165) is 38.4 Å². The second-order valence-corrected chi connectivity index (χ2v) is 7.63. The predicted octanol–water partition coefficient (Wildman–Crippen LogP) is 4.29. The topological polar surface area (TPSA) is 41.6 Å². The molecule has 0 bridgehead atoms. The van der Waals surface area contributed by atoms with Gasteiger partial charge in [-0.2, -0.15) is 0 Å². The van der Waals surface area contributed by atoms with E-state index in [1.54, 1.807) is 0 Å². The van der Waals surface area contributed by atoms with E-state index in [1.807, 2.05) is 24.3 Å². The van der Waals surface area contributed by atoms with Crippen molar-refractivity contribution in [2.75, 3.05) is 36.5 Å². The number of nitrogens with zero attached hydrogens (tertiary/aromatic N) is 1. The second-order valence-electron chi connectivity index (χ2n) is 7.63. The molecule has 4 nitrogen and oxygen atoms in total. The van der Waals surface area contributed by atoms with E-state index in [-0.39, 0.29) is 17.7 Å². The van der Waals surface area contributed by atoms with Crippen LogP contribution in [0.4, 0.5) is 11.4 Å². The highest BCUT2D eigenvalue weighted by Crippen LogP contribution is 2.26. The van der Waals surface area contributed by atoms with E-state index in [0.29, 0.717) is 0 Å². The third-order valence-corrected chi connectivity index (χ3v) is 5.26. The molecule has 0 radical (unpaired) electrons. The van der Waals surface area contributed by atoms with Gasteiger partial charge in [0.05, 0.1) is 13.2 Å². The summed E-state index contributed by atoms with van der Waals surface area (Å²) in [5.41, 5.74) is 4.47. The first-order chi connectivity index (χ1) is 13.0. The van der Waals surface area contributed by atoms with Gasteiger partial charge in [0, 0.05) is 30.4 Å². The summed E-state index contributed by atoms with van der Waals surface area (Å²) < 4.78 is 5.44. The van der Waals surface area contributed by atoms with Crippen molar-refractivity contribution in [3.8, 4) is 0 Å². The van der Waals surface area contributed by atoms with E-state index < -0.39 is 0 Å². The van der Waals surface area contributed by atoms with Crippen LogP contribution in [0.15, 0.2) is 48.5 Å². The number of morpholine rings is 1. The fourth-order valence-electron chi connectivity index (χ4n) is 3.63. The maximum absolute atomic E-state index is 12.9. The van der Waals surface area contributed by atoms with Gasteiger partial charge < -0.3 is 15.0 Å². The Morgan fingerprint density at radius 2 is 1.81 bits per heavy atom. The van der Waals surface area contributed by atoms with Crippen LogP contribution in [-0.4, -0.2) is 32.2 Å². The van der Waals surface area contributed by atoms with E-state index in [9.17, 15) is 4.79 Å². The van der Waals surface area contributed by atoms with Crippen molar-refractivity contribution in [1.29, 1.82) is 0 Å². The van der Waals surface area contributed by atoms with Crippen molar-refractivity contribution in [3.05, 3.63) is 59.7 Å². The average molecular weight is 367 g/mol. The number of nitrogens with one attached hydrogen (secondary N) is 1. The van der Waals surface area contributed by atoms with Gasteiger partial charge in [0.25, 0.3) is 0 Å².